The van der Waals surface area contributed by atoms with Crippen molar-refractivity contribution in [3.8, 4) is 0 Å². The van der Waals surface area contributed by atoms with Crippen molar-refractivity contribution in [2.75, 3.05) is 5.32 Å². The van der Waals surface area contributed by atoms with Crippen LogP contribution in [0.2, 0.25) is 0 Å². The molecule has 1 aliphatic heterocycles. The van der Waals surface area contributed by atoms with E-state index in [9.17, 15) is 24.5 Å². The van der Waals surface area contributed by atoms with Crippen LogP contribution >= 0.6 is 0 Å². The molecule has 2 heterocycles. The molecule has 1 aromatic heterocycles. The van der Waals surface area contributed by atoms with Gasteiger partial charge < -0.3 is 10.1 Å². The lowest BCUT2D eigenvalue weighted by molar-refractivity contribution is -0.384. The van der Waals surface area contributed by atoms with Crippen molar-refractivity contribution in [1.29, 1.82) is 0 Å². The summed E-state index contributed by atoms with van der Waals surface area (Å²) in [4.78, 5) is 50.4. The van der Waals surface area contributed by atoms with Gasteiger partial charge in [-0.3, -0.25) is 19.7 Å². The van der Waals surface area contributed by atoms with Crippen molar-refractivity contribution >= 4 is 23.4 Å². The van der Waals surface area contributed by atoms with E-state index in [2.05, 4.69) is 5.32 Å². The predicted molar refractivity (Wildman–Crippen MR) is 124 cm³/mol. The normalized spacial score (nSPS) is 15.0. The van der Waals surface area contributed by atoms with Gasteiger partial charge in [-0.05, 0) is 38.5 Å². The molecular weight excluding hydrogens is 440 g/mol. The van der Waals surface area contributed by atoms with Gasteiger partial charge >= 0.3 is 5.97 Å². The number of nitrogens with zero attached hydrogens (tertiary/aromatic N) is 3. The minimum atomic E-state index is -1.03. The van der Waals surface area contributed by atoms with Gasteiger partial charge in [0.2, 0.25) is 0 Å². The Bertz CT molecular complexity index is 1380. The lowest BCUT2D eigenvalue weighted by Gasteiger charge is -2.31. The average Bonchev–Trinajstić information content (AvgIpc) is 3.12. The third-order valence-electron chi connectivity index (χ3n) is 5.34. The highest BCUT2D eigenvalue weighted by molar-refractivity contribution is 5.96. The second kappa shape index (κ2) is 8.81. The zero-order chi connectivity index (χ0) is 24.6. The summed E-state index contributed by atoms with van der Waals surface area (Å²) >= 11 is 0. The number of nitro groups is 1. The van der Waals surface area contributed by atoms with Crippen LogP contribution in [0.4, 0.5) is 11.5 Å². The predicted octanol–water partition coefficient (Wildman–Crippen LogP) is 3.49. The summed E-state index contributed by atoms with van der Waals surface area (Å²) in [5.74, 6) is -1.00. The molecule has 1 N–H and O–H groups in total. The first-order chi connectivity index (χ1) is 16.2. The van der Waals surface area contributed by atoms with Crippen LogP contribution in [0.3, 0.4) is 0 Å². The molecule has 0 saturated carbocycles. The van der Waals surface area contributed by atoms with Crippen LogP contribution < -0.4 is 10.9 Å². The molecule has 34 heavy (non-hydrogen) atoms. The number of allylic oxidation sites excluding steroid dienone is 1. The first-order valence-corrected chi connectivity index (χ1v) is 10.6. The third kappa shape index (κ3) is 4.01. The first-order valence-electron chi connectivity index (χ1n) is 10.6. The molecular formula is C24H22N4O6. The summed E-state index contributed by atoms with van der Waals surface area (Å²) in [5.41, 5.74) is 0.344. The number of hydrogen-bond acceptors (Lipinski definition) is 7. The molecule has 174 valence electrons. The number of nitrogens with one attached hydrogen (secondary N) is 1. The quantitative estimate of drug-likeness (QED) is 0.349. The summed E-state index contributed by atoms with van der Waals surface area (Å²) in [5, 5.41) is 14.4. The molecule has 1 aliphatic rings. The Balaban J connectivity index is 1.98. The van der Waals surface area contributed by atoms with Gasteiger partial charge in [0.1, 0.15) is 11.9 Å². The Kier molecular flexibility index (Phi) is 5.89. The molecule has 0 radical (unpaired) electrons. The van der Waals surface area contributed by atoms with E-state index in [0.717, 1.165) is 4.68 Å². The molecule has 0 saturated heterocycles. The van der Waals surface area contributed by atoms with Gasteiger partial charge in [-0.2, -0.15) is 4.68 Å². The van der Waals surface area contributed by atoms with Gasteiger partial charge in [0.25, 0.3) is 17.2 Å². The fourth-order valence-electron chi connectivity index (χ4n) is 3.95. The van der Waals surface area contributed by atoms with E-state index in [1.165, 1.54) is 28.9 Å². The maximum absolute atomic E-state index is 13.4. The Labute approximate surface area is 194 Å². The lowest BCUT2D eigenvalue weighted by atomic mass is 9.95. The van der Waals surface area contributed by atoms with Crippen LogP contribution in [0.15, 0.2) is 76.7 Å². The van der Waals surface area contributed by atoms with Crippen LogP contribution in [0, 0.1) is 10.1 Å². The number of aromatic nitrogens is 2. The van der Waals surface area contributed by atoms with E-state index in [0.29, 0.717) is 11.3 Å². The van der Waals surface area contributed by atoms with Crippen LogP contribution in [0.25, 0.3) is 0 Å². The molecule has 0 amide bonds. The highest BCUT2D eigenvalue weighted by atomic mass is 16.6. The highest BCUT2D eigenvalue weighted by Crippen LogP contribution is 2.37. The second-order valence-corrected chi connectivity index (χ2v) is 8.07. The molecule has 1 atom stereocenters. The van der Waals surface area contributed by atoms with E-state index in [1.54, 1.807) is 57.2 Å². The van der Waals surface area contributed by atoms with E-state index < -0.39 is 34.5 Å². The Morgan fingerprint density at radius 1 is 1.09 bits per heavy atom. The third-order valence-corrected chi connectivity index (χ3v) is 5.34. The van der Waals surface area contributed by atoms with Gasteiger partial charge in [0, 0.05) is 29.5 Å². The Morgan fingerprint density at radius 2 is 1.79 bits per heavy atom. The SMILES string of the molecule is CC1=C(C(=O)OC(C)C)C(c2cccc([N+](=O)[O-])c2)n2c(cc(=O)n2C(=O)c2ccccc2)N1. The number of nitro benzene ring substituents is 1. The lowest BCUT2D eigenvalue weighted by Crippen LogP contribution is -2.37. The van der Waals surface area contributed by atoms with Crippen LogP contribution in [0.1, 0.15) is 42.7 Å². The smallest absolute Gasteiger partial charge is 0.338 e. The van der Waals surface area contributed by atoms with E-state index >= 15 is 0 Å². The number of ether oxygens (including phenoxy) is 1. The summed E-state index contributed by atoms with van der Waals surface area (Å²) in [6.45, 7) is 5.04. The monoisotopic (exact) mass is 462 g/mol. The molecule has 2 aromatic carbocycles. The Hall–Kier alpha value is -4.47. The molecule has 0 bridgehead atoms. The fourth-order valence-corrected chi connectivity index (χ4v) is 3.95. The molecule has 4 rings (SSSR count). The minimum absolute atomic E-state index is 0.131. The standard InChI is InChI=1S/C24H22N4O6/c1-14(2)34-24(31)21-15(3)25-19-13-20(29)27(23(30)16-8-5-4-6-9-16)26(19)22(21)17-10-7-11-18(12-17)28(32)33/h4-14,22,25H,1-3H3. The number of benzene rings is 2. The van der Waals surface area contributed by atoms with Crippen molar-refractivity contribution in [3.05, 3.63) is 104 Å². The molecule has 0 aliphatic carbocycles. The highest BCUT2D eigenvalue weighted by Gasteiger charge is 2.37. The average molecular weight is 462 g/mol. The van der Waals surface area contributed by atoms with Crippen molar-refractivity contribution in [3.63, 3.8) is 0 Å². The van der Waals surface area contributed by atoms with Crippen LogP contribution in [-0.4, -0.2) is 32.3 Å². The van der Waals surface area contributed by atoms with Gasteiger partial charge in [0.05, 0.1) is 16.6 Å². The first kappa shape index (κ1) is 22.7. The topological polar surface area (TPSA) is 125 Å². The molecule has 10 nitrogen and oxygen atoms in total. The summed E-state index contributed by atoms with van der Waals surface area (Å²) in [7, 11) is 0. The maximum Gasteiger partial charge on any atom is 0.338 e. The molecule has 0 fully saturated rings. The zero-order valence-corrected chi connectivity index (χ0v) is 18.7. The van der Waals surface area contributed by atoms with Crippen molar-refractivity contribution in [2.24, 2.45) is 0 Å². The van der Waals surface area contributed by atoms with Crippen LogP contribution in [0.5, 0.6) is 0 Å². The summed E-state index contributed by atoms with van der Waals surface area (Å²) in [6, 6.07) is 14.2. The number of hydrogen-bond donors (Lipinski definition) is 1. The van der Waals surface area contributed by atoms with Crippen molar-refractivity contribution < 1.29 is 19.2 Å². The van der Waals surface area contributed by atoms with Gasteiger partial charge in [-0.15, -0.1) is 0 Å². The zero-order valence-electron chi connectivity index (χ0n) is 18.7. The number of rotatable bonds is 5. The number of anilines is 1. The molecule has 0 spiro atoms. The summed E-state index contributed by atoms with van der Waals surface area (Å²) < 4.78 is 7.71. The number of non-ortho nitro benzene ring substituents is 1. The van der Waals surface area contributed by atoms with Gasteiger partial charge in [-0.25, -0.2) is 9.48 Å². The maximum atomic E-state index is 13.4. The van der Waals surface area contributed by atoms with Crippen molar-refractivity contribution in [2.45, 2.75) is 32.9 Å². The number of fused-ring (bicyclic) bond motifs is 1. The number of carbonyl (C=O) groups is 2. The summed E-state index contributed by atoms with van der Waals surface area (Å²) in [6.07, 6.45) is -0.433. The van der Waals surface area contributed by atoms with E-state index in [4.69, 9.17) is 4.74 Å². The molecule has 3 aromatic rings. The van der Waals surface area contributed by atoms with E-state index in [1.807, 2.05) is 0 Å². The largest absolute Gasteiger partial charge is 0.459 e. The minimum Gasteiger partial charge on any atom is -0.459 e. The van der Waals surface area contributed by atoms with Crippen LogP contribution in [-0.2, 0) is 9.53 Å². The van der Waals surface area contributed by atoms with Gasteiger partial charge in [-0.1, -0.05) is 30.3 Å². The van der Waals surface area contributed by atoms with Gasteiger partial charge in [0.15, 0.2) is 0 Å². The van der Waals surface area contributed by atoms with Crippen molar-refractivity contribution in [1.82, 2.24) is 9.36 Å². The second-order valence-electron chi connectivity index (χ2n) is 8.07. The molecule has 1 unspecified atom stereocenters. The molecule has 10 heteroatoms. The number of carbonyl (C=O) groups excluding carboxylic acids is 2. The fraction of sp³-hybridized carbons (Fsp3) is 0.208. The Morgan fingerprint density at radius 3 is 2.44 bits per heavy atom. The number of esters is 1. The van der Waals surface area contributed by atoms with E-state index in [-0.39, 0.29) is 22.6 Å².